The molecule has 0 N–H and O–H groups in total. The molecule has 0 saturated carbocycles. The van der Waals surface area contributed by atoms with E-state index in [1.165, 1.54) is 12.1 Å². The lowest BCUT2D eigenvalue weighted by molar-refractivity contribution is -0.138. The molecule has 0 spiro atoms. The van der Waals surface area contributed by atoms with E-state index < -0.39 is 0 Å². The second-order valence-corrected chi connectivity index (χ2v) is 6.88. The van der Waals surface area contributed by atoms with E-state index in [2.05, 4.69) is 16.0 Å². The topological polar surface area (TPSA) is 54.9 Å². The molecule has 2 saturated heterocycles. The third kappa shape index (κ3) is 5.41. The molecule has 138 valence electrons. The van der Waals surface area contributed by atoms with E-state index in [-0.39, 0.29) is 18.6 Å². The van der Waals surface area contributed by atoms with Crippen LogP contribution in [0, 0.1) is 6.92 Å². The van der Waals surface area contributed by atoms with Crippen LogP contribution in [-0.2, 0) is 14.3 Å². The summed E-state index contributed by atoms with van der Waals surface area (Å²) in [7, 11) is 0. The number of hydrogen-bond donors (Lipinski definition) is 0. The van der Waals surface area contributed by atoms with Crippen LogP contribution in [0.25, 0.3) is 0 Å². The minimum absolute atomic E-state index is 0.0866. The minimum atomic E-state index is 0.0866. The predicted octanol–water partition coefficient (Wildman–Crippen LogP) is 2.01. The lowest BCUT2D eigenvalue weighted by Gasteiger charge is -2.25. The van der Waals surface area contributed by atoms with Gasteiger partial charge in [-0.3, -0.25) is 9.78 Å². The molecule has 1 atom stereocenters. The molecule has 2 fully saturated rings. The number of anilines is 1. The van der Waals surface area contributed by atoms with Crippen LogP contribution in [0.2, 0.25) is 0 Å². The van der Waals surface area contributed by atoms with Crippen LogP contribution in [-0.4, -0.2) is 67.9 Å². The smallest absolute Gasteiger partial charge is 0.248 e. The van der Waals surface area contributed by atoms with Crippen molar-refractivity contribution >= 4 is 11.6 Å². The molecule has 1 unspecified atom stereocenters. The zero-order chi connectivity index (χ0) is 17.5. The quantitative estimate of drug-likeness (QED) is 0.816. The average molecular weight is 347 g/mol. The van der Waals surface area contributed by atoms with Crippen molar-refractivity contribution in [1.82, 2.24) is 9.88 Å². The number of aromatic nitrogens is 1. The number of amides is 1. The number of aryl methyl sites for hydroxylation is 1. The molecule has 0 aliphatic carbocycles. The normalized spacial score (nSPS) is 21.9. The fourth-order valence-corrected chi connectivity index (χ4v) is 3.46. The Hall–Kier alpha value is -1.66. The molecule has 6 heteroatoms. The van der Waals surface area contributed by atoms with Crippen molar-refractivity contribution in [1.29, 1.82) is 0 Å². The molecule has 0 radical (unpaired) electrons. The Morgan fingerprint density at radius 3 is 3.00 bits per heavy atom. The summed E-state index contributed by atoms with van der Waals surface area (Å²) in [4.78, 5) is 20.9. The standard InChI is InChI=1S/C19H29N3O3/c1-16-13-17(6-7-20-16)21-8-4-9-22(11-10-21)19(23)15-24-14-18-5-2-3-12-25-18/h6-7,13,18H,2-5,8-12,14-15H2,1H3. The van der Waals surface area contributed by atoms with E-state index in [9.17, 15) is 4.79 Å². The SMILES string of the molecule is Cc1cc(N2CCCN(C(=O)COCC3CCCCO3)CC2)ccn1. The van der Waals surface area contributed by atoms with Crippen LogP contribution in [0.3, 0.4) is 0 Å². The summed E-state index contributed by atoms with van der Waals surface area (Å²) in [6.45, 7) is 6.86. The molecule has 1 aromatic heterocycles. The molecule has 1 aromatic rings. The number of carbonyl (C=O) groups excluding carboxylic acids is 1. The molecular formula is C19H29N3O3. The van der Waals surface area contributed by atoms with Crippen LogP contribution in [0.1, 0.15) is 31.4 Å². The molecule has 25 heavy (non-hydrogen) atoms. The Morgan fingerprint density at radius 1 is 1.28 bits per heavy atom. The second-order valence-electron chi connectivity index (χ2n) is 6.88. The van der Waals surface area contributed by atoms with Gasteiger partial charge in [0.05, 0.1) is 12.7 Å². The van der Waals surface area contributed by atoms with Gasteiger partial charge in [-0.1, -0.05) is 0 Å². The maximum atomic E-state index is 12.4. The number of carbonyl (C=O) groups is 1. The van der Waals surface area contributed by atoms with Gasteiger partial charge in [0.25, 0.3) is 0 Å². The van der Waals surface area contributed by atoms with E-state index in [1.807, 2.05) is 24.1 Å². The third-order valence-corrected chi connectivity index (χ3v) is 4.90. The van der Waals surface area contributed by atoms with Crippen molar-refractivity contribution in [3.63, 3.8) is 0 Å². The molecule has 6 nitrogen and oxygen atoms in total. The summed E-state index contributed by atoms with van der Waals surface area (Å²) < 4.78 is 11.3. The van der Waals surface area contributed by atoms with Gasteiger partial charge in [-0.2, -0.15) is 0 Å². The highest BCUT2D eigenvalue weighted by Crippen LogP contribution is 2.17. The first-order chi connectivity index (χ1) is 12.2. The zero-order valence-corrected chi connectivity index (χ0v) is 15.2. The van der Waals surface area contributed by atoms with Gasteiger partial charge >= 0.3 is 0 Å². The minimum Gasteiger partial charge on any atom is -0.376 e. The van der Waals surface area contributed by atoms with Crippen molar-refractivity contribution in [3.05, 3.63) is 24.0 Å². The van der Waals surface area contributed by atoms with Crippen molar-refractivity contribution < 1.29 is 14.3 Å². The van der Waals surface area contributed by atoms with E-state index in [0.717, 1.165) is 57.7 Å². The summed E-state index contributed by atoms with van der Waals surface area (Å²) in [6, 6.07) is 4.14. The molecule has 3 rings (SSSR count). The van der Waals surface area contributed by atoms with E-state index >= 15 is 0 Å². The molecule has 2 aliphatic rings. The fraction of sp³-hybridized carbons (Fsp3) is 0.684. The first-order valence-electron chi connectivity index (χ1n) is 9.37. The largest absolute Gasteiger partial charge is 0.376 e. The predicted molar refractivity (Wildman–Crippen MR) is 96.8 cm³/mol. The van der Waals surface area contributed by atoms with Crippen molar-refractivity contribution in [2.75, 3.05) is 50.9 Å². The zero-order valence-electron chi connectivity index (χ0n) is 15.2. The molecule has 0 aromatic carbocycles. The van der Waals surface area contributed by atoms with Gasteiger partial charge in [0.15, 0.2) is 0 Å². The third-order valence-electron chi connectivity index (χ3n) is 4.90. The Labute approximate surface area is 150 Å². The summed E-state index contributed by atoms with van der Waals surface area (Å²) in [5.41, 5.74) is 2.21. The second kappa shape index (κ2) is 9.15. The lowest BCUT2D eigenvalue weighted by Crippen LogP contribution is -2.38. The molecule has 2 aliphatic heterocycles. The molecule has 1 amide bonds. The maximum absolute atomic E-state index is 12.4. The van der Waals surface area contributed by atoms with Gasteiger partial charge in [0, 0.05) is 50.4 Å². The number of pyridine rings is 1. The molecule has 0 bridgehead atoms. The van der Waals surface area contributed by atoms with E-state index in [0.29, 0.717) is 6.61 Å². The Balaban J connectivity index is 1.43. The number of rotatable bonds is 5. The maximum Gasteiger partial charge on any atom is 0.248 e. The number of ether oxygens (including phenoxy) is 2. The van der Waals surface area contributed by atoms with Crippen LogP contribution in [0.15, 0.2) is 18.3 Å². The fourth-order valence-electron chi connectivity index (χ4n) is 3.46. The van der Waals surface area contributed by atoms with Crippen LogP contribution >= 0.6 is 0 Å². The van der Waals surface area contributed by atoms with E-state index in [1.54, 1.807) is 0 Å². The first kappa shape index (κ1) is 18.1. The van der Waals surface area contributed by atoms with Gasteiger partial charge in [-0.15, -0.1) is 0 Å². The number of nitrogens with zero attached hydrogens (tertiary/aromatic N) is 3. The van der Waals surface area contributed by atoms with Crippen LogP contribution < -0.4 is 4.90 Å². The Bertz CT molecular complexity index is 561. The van der Waals surface area contributed by atoms with E-state index in [4.69, 9.17) is 9.47 Å². The molecular weight excluding hydrogens is 318 g/mol. The van der Waals surface area contributed by atoms with Gasteiger partial charge in [-0.05, 0) is 44.7 Å². The molecule has 3 heterocycles. The van der Waals surface area contributed by atoms with Crippen LogP contribution in [0.4, 0.5) is 5.69 Å². The highest BCUT2D eigenvalue weighted by molar-refractivity contribution is 5.77. The lowest BCUT2D eigenvalue weighted by atomic mass is 10.1. The summed E-state index contributed by atoms with van der Waals surface area (Å²) >= 11 is 0. The highest BCUT2D eigenvalue weighted by Gasteiger charge is 2.20. The van der Waals surface area contributed by atoms with Gasteiger partial charge < -0.3 is 19.3 Å². The average Bonchev–Trinajstić information content (AvgIpc) is 2.89. The Kier molecular flexibility index (Phi) is 6.64. The van der Waals surface area contributed by atoms with Gasteiger partial charge in [0.2, 0.25) is 5.91 Å². The highest BCUT2D eigenvalue weighted by atomic mass is 16.5. The van der Waals surface area contributed by atoms with Crippen molar-refractivity contribution in [2.24, 2.45) is 0 Å². The van der Waals surface area contributed by atoms with Gasteiger partial charge in [0.1, 0.15) is 6.61 Å². The van der Waals surface area contributed by atoms with Crippen LogP contribution in [0.5, 0.6) is 0 Å². The summed E-state index contributed by atoms with van der Waals surface area (Å²) in [5, 5.41) is 0. The van der Waals surface area contributed by atoms with Crippen molar-refractivity contribution in [2.45, 2.75) is 38.7 Å². The number of hydrogen-bond acceptors (Lipinski definition) is 5. The van der Waals surface area contributed by atoms with Crippen molar-refractivity contribution in [3.8, 4) is 0 Å². The van der Waals surface area contributed by atoms with Gasteiger partial charge in [-0.25, -0.2) is 0 Å². The first-order valence-corrected chi connectivity index (χ1v) is 9.37. The monoisotopic (exact) mass is 347 g/mol. The summed E-state index contributed by atoms with van der Waals surface area (Å²) in [6.07, 6.45) is 6.35. The summed E-state index contributed by atoms with van der Waals surface area (Å²) in [5.74, 6) is 0.0866. The Morgan fingerprint density at radius 2 is 2.20 bits per heavy atom.